The maximum atomic E-state index is 13.6. The van der Waals surface area contributed by atoms with Gasteiger partial charge in [-0.15, -0.1) is 0 Å². The number of benzene rings is 1. The van der Waals surface area contributed by atoms with Gasteiger partial charge in [-0.25, -0.2) is 9.18 Å². The van der Waals surface area contributed by atoms with Crippen molar-refractivity contribution in [1.82, 2.24) is 4.98 Å². The Balaban J connectivity index is 2.64. The minimum atomic E-state index is -0.556. The van der Waals surface area contributed by atoms with Gasteiger partial charge in [0.05, 0.1) is 24.6 Å². The fourth-order valence-corrected chi connectivity index (χ4v) is 1.73. The Morgan fingerprint density at radius 1 is 1.47 bits per heavy atom. The van der Waals surface area contributed by atoms with Gasteiger partial charge in [0, 0.05) is 0 Å². The van der Waals surface area contributed by atoms with E-state index in [0.717, 1.165) is 0 Å². The summed E-state index contributed by atoms with van der Waals surface area (Å²) in [7, 11) is 1.39. The second kappa shape index (κ2) is 4.45. The van der Waals surface area contributed by atoms with Gasteiger partial charge in [0.25, 0.3) is 0 Å². The molecule has 1 N–H and O–H groups in total. The van der Waals surface area contributed by atoms with Gasteiger partial charge in [-0.2, -0.15) is 0 Å². The van der Waals surface area contributed by atoms with E-state index in [1.807, 2.05) is 0 Å². The molecular weight excluding hydrogens is 225 g/mol. The third kappa shape index (κ3) is 1.84. The quantitative estimate of drug-likeness (QED) is 0.834. The molecule has 1 aromatic carbocycles. The predicted octanol–water partition coefficient (Wildman–Crippen LogP) is 2.49. The van der Waals surface area contributed by atoms with E-state index in [2.05, 4.69) is 4.98 Å². The van der Waals surface area contributed by atoms with Gasteiger partial charge in [-0.05, 0) is 19.1 Å². The van der Waals surface area contributed by atoms with E-state index in [1.54, 1.807) is 19.1 Å². The fourth-order valence-electron chi connectivity index (χ4n) is 1.73. The van der Waals surface area contributed by atoms with E-state index in [4.69, 9.17) is 9.47 Å². The molecule has 17 heavy (non-hydrogen) atoms. The number of carbonyl (C=O) groups excluding carboxylic acids is 1. The number of ether oxygens (including phenoxy) is 2. The Morgan fingerprint density at radius 3 is 2.88 bits per heavy atom. The molecule has 90 valence electrons. The summed E-state index contributed by atoms with van der Waals surface area (Å²) in [6.45, 7) is 1.95. The van der Waals surface area contributed by atoms with Gasteiger partial charge in [-0.3, -0.25) is 0 Å². The molecule has 1 heterocycles. The van der Waals surface area contributed by atoms with Crippen molar-refractivity contribution in [2.45, 2.75) is 6.92 Å². The van der Waals surface area contributed by atoms with Crippen LogP contribution >= 0.6 is 0 Å². The van der Waals surface area contributed by atoms with E-state index in [-0.39, 0.29) is 23.4 Å². The summed E-state index contributed by atoms with van der Waals surface area (Å²) in [4.78, 5) is 14.5. The van der Waals surface area contributed by atoms with Gasteiger partial charge in [0.15, 0.2) is 11.4 Å². The normalized spacial score (nSPS) is 10.5. The number of nitrogens with one attached hydrogen (secondary N) is 1. The van der Waals surface area contributed by atoms with Crippen LogP contribution in [0.4, 0.5) is 4.39 Å². The average molecular weight is 237 g/mol. The van der Waals surface area contributed by atoms with E-state index in [9.17, 15) is 9.18 Å². The standard InChI is InChI=1S/C12H12FNO3/c1-3-17-12(15)10-11(16-2)9-7(13)5-4-6-8(9)14-10/h4-6,14H,3H2,1-2H3. The van der Waals surface area contributed by atoms with Crippen LogP contribution in [0.15, 0.2) is 18.2 Å². The third-order valence-corrected chi connectivity index (χ3v) is 2.41. The lowest BCUT2D eigenvalue weighted by atomic mass is 10.2. The van der Waals surface area contributed by atoms with Crippen LogP contribution in [-0.4, -0.2) is 24.7 Å². The molecule has 1 aromatic heterocycles. The third-order valence-electron chi connectivity index (χ3n) is 2.41. The molecule has 4 nitrogen and oxygen atoms in total. The number of H-pyrrole nitrogens is 1. The maximum absolute atomic E-state index is 13.6. The molecule has 0 bridgehead atoms. The molecule has 0 spiro atoms. The van der Waals surface area contributed by atoms with Crippen molar-refractivity contribution >= 4 is 16.9 Å². The largest absolute Gasteiger partial charge is 0.493 e. The number of hydrogen-bond donors (Lipinski definition) is 1. The van der Waals surface area contributed by atoms with Crippen LogP contribution in [0.2, 0.25) is 0 Å². The van der Waals surface area contributed by atoms with Crippen LogP contribution in [-0.2, 0) is 4.74 Å². The summed E-state index contributed by atoms with van der Waals surface area (Å²) in [6.07, 6.45) is 0. The molecule has 0 aliphatic heterocycles. The lowest BCUT2D eigenvalue weighted by Crippen LogP contribution is -2.06. The zero-order valence-electron chi connectivity index (χ0n) is 9.54. The first-order valence-corrected chi connectivity index (χ1v) is 5.20. The first-order chi connectivity index (χ1) is 8.19. The number of halogens is 1. The Kier molecular flexibility index (Phi) is 2.99. The number of aromatic nitrogens is 1. The number of hydrogen-bond acceptors (Lipinski definition) is 3. The molecule has 2 aromatic rings. The number of fused-ring (bicyclic) bond motifs is 1. The summed E-state index contributed by atoms with van der Waals surface area (Å²) in [5.41, 5.74) is 0.638. The highest BCUT2D eigenvalue weighted by Gasteiger charge is 2.21. The summed E-state index contributed by atoms with van der Waals surface area (Å²) in [6, 6.07) is 4.54. The molecule has 0 saturated heterocycles. The molecule has 0 aliphatic rings. The first-order valence-electron chi connectivity index (χ1n) is 5.20. The number of methoxy groups -OCH3 is 1. The van der Waals surface area contributed by atoms with Gasteiger partial charge in [0.1, 0.15) is 5.82 Å². The second-order valence-electron chi connectivity index (χ2n) is 3.42. The predicted molar refractivity (Wildman–Crippen MR) is 60.8 cm³/mol. The highest BCUT2D eigenvalue weighted by atomic mass is 19.1. The molecule has 0 unspecified atom stereocenters. The van der Waals surface area contributed by atoms with Gasteiger partial charge in [0.2, 0.25) is 0 Å². The summed E-state index contributed by atoms with van der Waals surface area (Å²) in [5.74, 6) is -0.817. The lowest BCUT2D eigenvalue weighted by Gasteiger charge is -2.02. The number of rotatable bonds is 3. The maximum Gasteiger partial charge on any atom is 0.358 e. The lowest BCUT2D eigenvalue weighted by molar-refractivity contribution is 0.0517. The van der Waals surface area contributed by atoms with Crippen molar-refractivity contribution in [3.8, 4) is 5.75 Å². The van der Waals surface area contributed by atoms with Gasteiger partial charge < -0.3 is 14.5 Å². The van der Waals surface area contributed by atoms with E-state index >= 15 is 0 Å². The summed E-state index contributed by atoms with van der Waals surface area (Å²) in [5, 5.41) is 0.262. The zero-order chi connectivity index (χ0) is 12.4. The van der Waals surface area contributed by atoms with Crippen LogP contribution in [0.25, 0.3) is 10.9 Å². The molecular formula is C12H12FNO3. The zero-order valence-corrected chi connectivity index (χ0v) is 9.54. The van der Waals surface area contributed by atoms with Crippen molar-refractivity contribution in [1.29, 1.82) is 0 Å². The topological polar surface area (TPSA) is 51.3 Å². The Morgan fingerprint density at radius 2 is 2.24 bits per heavy atom. The number of aromatic amines is 1. The SMILES string of the molecule is CCOC(=O)c1[nH]c2cccc(F)c2c1OC. The smallest absolute Gasteiger partial charge is 0.358 e. The number of esters is 1. The molecule has 0 fully saturated rings. The van der Waals surface area contributed by atoms with Crippen LogP contribution in [0.3, 0.4) is 0 Å². The van der Waals surface area contributed by atoms with Crippen LogP contribution in [0.1, 0.15) is 17.4 Å². The van der Waals surface area contributed by atoms with Gasteiger partial charge in [-0.1, -0.05) is 6.07 Å². The minimum Gasteiger partial charge on any atom is -0.493 e. The second-order valence-corrected chi connectivity index (χ2v) is 3.42. The van der Waals surface area contributed by atoms with Crippen LogP contribution in [0, 0.1) is 5.82 Å². The summed E-state index contributed by atoms with van der Waals surface area (Å²) >= 11 is 0. The molecule has 0 saturated carbocycles. The van der Waals surface area contributed by atoms with Crippen LogP contribution < -0.4 is 4.74 Å². The highest BCUT2D eigenvalue weighted by molar-refractivity contribution is 6.01. The van der Waals surface area contributed by atoms with Crippen molar-refractivity contribution in [3.63, 3.8) is 0 Å². The summed E-state index contributed by atoms with van der Waals surface area (Å²) < 4.78 is 23.6. The molecule has 0 aliphatic carbocycles. The monoisotopic (exact) mass is 237 g/mol. The van der Waals surface area contributed by atoms with E-state index in [0.29, 0.717) is 5.52 Å². The first kappa shape index (κ1) is 11.4. The fraction of sp³-hybridized carbons (Fsp3) is 0.250. The Hall–Kier alpha value is -2.04. The van der Waals surface area contributed by atoms with Crippen LogP contribution in [0.5, 0.6) is 5.75 Å². The van der Waals surface area contributed by atoms with E-state index in [1.165, 1.54) is 13.2 Å². The van der Waals surface area contributed by atoms with Crippen molar-refractivity contribution in [2.75, 3.05) is 13.7 Å². The number of carbonyl (C=O) groups is 1. The van der Waals surface area contributed by atoms with Gasteiger partial charge >= 0.3 is 5.97 Å². The molecule has 0 amide bonds. The average Bonchev–Trinajstić information content (AvgIpc) is 2.69. The highest BCUT2D eigenvalue weighted by Crippen LogP contribution is 2.32. The molecule has 0 radical (unpaired) electrons. The molecule has 0 atom stereocenters. The molecule has 5 heteroatoms. The molecule has 2 rings (SSSR count). The minimum absolute atomic E-state index is 0.134. The Labute approximate surface area is 97.3 Å². The van der Waals surface area contributed by atoms with Crippen molar-refractivity contribution in [3.05, 3.63) is 29.7 Å². The van der Waals surface area contributed by atoms with Crippen molar-refractivity contribution < 1.29 is 18.7 Å². The van der Waals surface area contributed by atoms with E-state index < -0.39 is 11.8 Å². The Bertz CT molecular complexity index is 562. The van der Waals surface area contributed by atoms with Crippen molar-refractivity contribution in [2.24, 2.45) is 0 Å².